The summed E-state index contributed by atoms with van der Waals surface area (Å²) in [6, 6.07) is 0. The summed E-state index contributed by atoms with van der Waals surface area (Å²) in [5.41, 5.74) is -0.750. The quantitative estimate of drug-likeness (QED) is 0.375. The second kappa shape index (κ2) is 32.0. The van der Waals surface area contributed by atoms with Gasteiger partial charge in [-0.05, 0) is 6.42 Å². The van der Waals surface area contributed by atoms with Gasteiger partial charge in [0, 0.05) is 19.0 Å². The van der Waals surface area contributed by atoms with Gasteiger partial charge in [-0.2, -0.15) is 0 Å². The van der Waals surface area contributed by atoms with E-state index in [0.29, 0.717) is 6.61 Å². The largest absolute Gasteiger partial charge is 1.00 e. The number of ether oxygens (including phenoxy) is 1. The second-order valence-corrected chi connectivity index (χ2v) is 4.76. The van der Waals surface area contributed by atoms with Crippen LogP contribution in [0.4, 0.5) is 0 Å². The SMILES string of the molecule is CC(C)(C)[O-].CCCO.COCCBr.OCCO.[K+]. The number of hydrogen-bond acceptors (Lipinski definition) is 5. The molecule has 0 saturated heterocycles. The van der Waals surface area contributed by atoms with Crippen molar-refractivity contribution in [2.45, 2.75) is 39.7 Å². The normalized spacial score (nSPS) is 8.53. The Morgan fingerprint density at radius 2 is 1.32 bits per heavy atom. The molecule has 0 aliphatic rings. The van der Waals surface area contributed by atoms with Crippen LogP contribution in [-0.4, -0.2) is 59.8 Å². The number of alkyl halides is 1. The predicted octanol–water partition coefficient (Wildman–Crippen LogP) is -2.46. The van der Waals surface area contributed by atoms with E-state index in [9.17, 15) is 5.11 Å². The summed E-state index contributed by atoms with van der Waals surface area (Å²) in [5.74, 6) is 0. The molecule has 0 spiro atoms. The molecular formula is C12H30BrKO5. The van der Waals surface area contributed by atoms with Crippen LogP contribution >= 0.6 is 15.9 Å². The van der Waals surface area contributed by atoms with Crippen LogP contribution in [0, 0.1) is 0 Å². The van der Waals surface area contributed by atoms with Crippen molar-refractivity contribution in [3.63, 3.8) is 0 Å². The summed E-state index contributed by atoms with van der Waals surface area (Å²) < 4.78 is 4.64. The van der Waals surface area contributed by atoms with E-state index >= 15 is 0 Å². The van der Waals surface area contributed by atoms with Crippen molar-refractivity contribution in [3.8, 4) is 0 Å². The fourth-order valence-electron chi connectivity index (χ4n) is 0.0772. The van der Waals surface area contributed by atoms with Gasteiger partial charge >= 0.3 is 51.4 Å². The number of aliphatic hydroxyl groups excluding tert-OH is 3. The molecule has 0 atom stereocenters. The molecule has 0 saturated carbocycles. The molecular weight excluding hydrogens is 343 g/mol. The molecule has 19 heavy (non-hydrogen) atoms. The fraction of sp³-hybridized carbons (Fsp3) is 1.00. The van der Waals surface area contributed by atoms with Gasteiger partial charge < -0.3 is 25.2 Å². The van der Waals surface area contributed by atoms with Gasteiger partial charge in [-0.25, -0.2) is 0 Å². The molecule has 0 unspecified atom stereocenters. The zero-order valence-electron chi connectivity index (χ0n) is 13.3. The molecule has 0 fully saturated rings. The molecule has 5 nitrogen and oxygen atoms in total. The molecule has 0 aromatic heterocycles. The molecule has 0 rings (SSSR count). The molecule has 7 heteroatoms. The molecule has 0 aliphatic carbocycles. The van der Waals surface area contributed by atoms with Crippen molar-refractivity contribution in [2.75, 3.05) is 38.9 Å². The van der Waals surface area contributed by atoms with E-state index in [1.807, 2.05) is 6.92 Å². The first-order valence-electron chi connectivity index (χ1n) is 5.82. The molecule has 0 heterocycles. The Kier molecular flexibility index (Phi) is 55.2. The summed E-state index contributed by atoms with van der Waals surface area (Å²) in [6.45, 7) is 7.70. The molecule has 0 aromatic carbocycles. The van der Waals surface area contributed by atoms with E-state index in [4.69, 9.17) is 15.3 Å². The first kappa shape index (κ1) is 32.8. The van der Waals surface area contributed by atoms with E-state index in [1.165, 1.54) is 0 Å². The summed E-state index contributed by atoms with van der Waals surface area (Å²) in [4.78, 5) is 0. The molecule has 0 radical (unpaired) electrons. The van der Waals surface area contributed by atoms with Crippen LogP contribution in [0.5, 0.6) is 0 Å². The van der Waals surface area contributed by atoms with Crippen LogP contribution in [-0.2, 0) is 4.74 Å². The second-order valence-electron chi connectivity index (χ2n) is 3.96. The van der Waals surface area contributed by atoms with Crippen LogP contribution in [0.25, 0.3) is 0 Å². The minimum atomic E-state index is -0.750. The van der Waals surface area contributed by atoms with Gasteiger partial charge in [0.05, 0.1) is 19.8 Å². The smallest absolute Gasteiger partial charge is 0.850 e. The van der Waals surface area contributed by atoms with E-state index in [0.717, 1.165) is 18.4 Å². The Labute approximate surface area is 169 Å². The minimum absolute atomic E-state index is 0. The van der Waals surface area contributed by atoms with E-state index in [1.54, 1.807) is 27.9 Å². The molecule has 116 valence electrons. The van der Waals surface area contributed by atoms with Gasteiger partial charge in [0.2, 0.25) is 0 Å². The number of methoxy groups -OCH3 is 1. The third kappa shape index (κ3) is 183. The van der Waals surface area contributed by atoms with Crippen molar-refractivity contribution >= 4 is 15.9 Å². The van der Waals surface area contributed by atoms with Crippen LogP contribution < -0.4 is 56.5 Å². The zero-order chi connectivity index (χ0) is 15.4. The van der Waals surface area contributed by atoms with Gasteiger partial charge in [0.25, 0.3) is 0 Å². The molecule has 0 bridgehead atoms. The van der Waals surface area contributed by atoms with Crippen molar-refractivity contribution in [2.24, 2.45) is 0 Å². The number of rotatable bonds is 4. The maximum atomic E-state index is 10.1. The van der Waals surface area contributed by atoms with Crippen LogP contribution in [0.1, 0.15) is 34.1 Å². The van der Waals surface area contributed by atoms with Crippen molar-refractivity contribution in [1.29, 1.82) is 0 Å². The van der Waals surface area contributed by atoms with Crippen molar-refractivity contribution in [3.05, 3.63) is 0 Å². The molecule has 0 aliphatic heterocycles. The third-order valence-corrected chi connectivity index (χ3v) is 0.929. The monoisotopic (exact) mass is 372 g/mol. The van der Waals surface area contributed by atoms with Crippen LogP contribution in [0.2, 0.25) is 0 Å². The minimum Gasteiger partial charge on any atom is -0.850 e. The first-order valence-corrected chi connectivity index (χ1v) is 6.95. The topological polar surface area (TPSA) is 93.0 Å². The van der Waals surface area contributed by atoms with E-state index in [2.05, 4.69) is 20.7 Å². The molecule has 0 amide bonds. The maximum absolute atomic E-state index is 10.1. The Morgan fingerprint density at radius 1 is 1.05 bits per heavy atom. The van der Waals surface area contributed by atoms with E-state index < -0.39 is 5.60 Å². The Balaban J connectivity index is -0.0000000453. The fourth-order valence-corrected chi connectivity index (χ4v) is 0.401. The molecule has 0 aromatic rings. The Bertz CT molecular complexity index is 96.8. The van der Waals surface area contributed by atoms with Crippen LogP contribution in [0.3, 0.4) is 0 Å². The van der Waals surface area contributed by atoms with Gasteiger partial charge in [-0.3, -0.25) is 0 Å². The van der Waals surface area contributed by atoms with Gasteiger partial charge in [-0.15, -0.1) is 5.60 Å². The Hall–Kier alpha value is 1.92. The van der Waals surface area contributed by atoms with Gasteiger partial charge in [0.1, 0.15) is 0 Å². The average Bonchev–Trinajstić information content (AvgIpc) is 2.29. The number of aliphatic hydroxyl groups is 3. The summed E-state index contributed by atoms with van der Waals surface area (Å²) in [7, 11) is 1.68. The average molecular weight is 373 g/mol. The summed E-state index contributed by atoms with van der Waals surface area (Å²) in [6.07, 6.45) is 0.875. The van der Waals surface area contributed by atoms with Gasteiger partial charge in [0.15, 0.2) is 0 Å². The molecule has 3 N–H and O–H groups in total. The summed E-state index contributed by atoms with van der Waals surface area (Å²) in [5, 5.41) is 34.2. The third-order valence-electron chi connectivity index (χ3n) is 0.605. The van der Waals surface area contributed by atoms with Crippen LogP contribution in [0.15, 0.2) is 0 Å². The standard InChI is InChI=1S/C4H9O.C3H7BrO.C3H8O.C2H6O2.K/c1-4(2,3)5;1-5-3-2-4;1-2-3-4;3-1-2-4;/h1-3H3;2-3H2,1H3;4H,2-3H2,1H3;3-4H,1-2H2;/q-1;;;;+1. The van der Waals surface area contributed by atoms with Gasteiger partial charge in [-0.1, -0.05) is 43.6 Å². The van der Waals surface area contributed by atoms with E-state index in [-0.39, 0.29) is 64.6 Å². The van der Waals surface area contributed by atoms with Crippen molar-refractivity contribution in [1.82, 2.24) is 0 Å². The van der Waals surface area contributed by atoms with Crippen molar-refractivity contribution < 1.29 is 76.5 Å². The first-order chi connectivity index (χ1) is 8.24. The zero-order valence-corrected chi connectivity index (χ0v) is 18.0. The summed E-state index contributed by atoms with van der Waals surface area (Å²) >= 11 is 3.18. The Morgan fingerprint density at radius 3 is 1.32 bits per heavy atom. The maximum Gasteiger partial charge on any atom is 1.00 e. The number of halogens is 1. The number of hydrogen-bond donors (Lipinski definition) is 3. The predicted molar refractivity (Wildman–Crippen MR) is 77.0 cm³/mol.